The summed E-state index contributed by atoms with van der Waals surface area (Å²) >= 11 is 0. The van der Waals surface area contributed by atoms with E-state index in [4.69, 9.17) is 0 Å². The van der Waals surface area contributed by atoms with Crippen molar-refractivity contribution in [2.75, 3.05) is 0 Å². The molecule has 0 saturated carbocycles. The molecule has 0 amide bonds. The quantitative estimate of drug-likeness (QED) is 0.668. The fraction of sp³-hybridized carbons (Fsp3) is 0.381. The minimum absolute atomic E-state index is 0.130. The van der Waals surface area contributed by atoms with Gasteiger partial charge in [-0.1, -0.05) is 46.4 Å². The molecule has 0 radical (unpaired) electrons. The van der Waals surface area contributed by atoms with Crippen LogP contribution in [0.2, 0.25) is 0 Å². The second-order valence-corrected chi connectivity index (χ2v) is 7.40. The molecule has 3 rings (SSSR count). The van der Waals surface area contributed by atoms with E-state index < -0.39 is 0 Å². The van der Waals surface area contributed by atoms with Crippen molar-refractivity contribution < 1.29 is 4.39 Å². The first kappa shape index (κ1) is 15.9. The molecule has 1 aromatic carbocycles. The second kappa shape index (κ2) is 5.59. The Hall–Kier alpha value is -1.96. The van der Waals surface area contributed by atoms with Crippen LogP contribution in [0.1, 0.15) is 45.2 Å². The summed E-state index contributed by atoms with van der Waals surface area (Å²) in [6.45, 7) is 13.0. The zero-order chi connectivity index (χ0) is 16.8. The van der Waals surface area contributed by atoms with Crippen LogP contribution in [0.5, 0.6) is 0 Å². The predicted octanol–water partition coefficient (Wildman–Crippen LogP) is 5.94. The molecule has 0 fully saturated rings. The van der Waals surface area contributed by atoms with Gasteiger partial charge in [0.2, 0.25) is 0 Å². The van der Waals surface area contributed by atoms with Crippen molar-refractivity contribution >= 4 is 16.5 Å². The van der Waals surface area contributed by atoms with E-state index in [2.05, 4.69) is 39.3 Å². The van der Waals surface area contributed by atoms with E-state index in [1.165, 1.54) is 16.7 Å². The highest BCUT2D eigenvalue weighted by Crippen LogP contribution is 2.46. The summed E-state index contributed by atoms with van der Waals surface area (Å²) in [6, 6.07) is 5.56. The Morgan fingerprint density at radius 1 is 1.39 bits per heavy atom. The molecule has 2 aromatic rings. The van der Waals surface area contributed by atoms with Gasteiger partial charge in [-0.2, -0.15) is 0 Å². The van der Waals surface area contributed by atoms with Gasteiger partial charge in [0.25, 0.3) is 0 Å². The lowest BCUT2D eigenvalue weighted by Gasteiger charge is -2.38. The van der Waals surface area contributed by atoms with Crippen LogP contribution in [0.25, 0.3) is 16.5 Å². The van der Waals surface area contributed by atoms with Gasteiger partial charge in [0.15, 0.2) is 0 Å². The summed E-state index contributed by atoms with van der Waals surface area (Å²) in [5.41, 5.74) is 5.39. The molecule has 1 heterocycles. The monoisotopic (exact) mass is 309 g/mol. The van der Waals surface area contributed by atoms with Gasteiger partial charge in [-0.05, 0) is 58.6 Å². The predicted molar refractivity (Wildman–Crippen MR) is 95.8 cm³/mol. The van der Waals surface area contributed by atoms with E-state index in [9.17, 15) is 4.39 Å². The van der Waals surface area contributed by atoms with E-state index in [1.54, 1.807) is 12.3 Å². The SMILES string of the molecule is C=CC1=C(CC)c2cc(F)c3ncccc3c2CC1C(C)(C)C. The van der Waals surface area contributed by atoms with Crippen molar-refractivity contribution in [1.29, 1.82) is 0 Å². The van der Waals surface area contributed by atoms with Crippen LogP contribution in [0, 0.1) is 17.2 Å². The van der Waals surface area contributed by atoms with Gasteiger partial charge in [0, 0.05) is 11.6 Å². The fourth-order valence-corrected chi connectivity index (χ4v) is 3.87. The van der Waals surface area contributed by atoms with Crippen LogP contribution >= 0.6 is 0 Å². The highest BCUT2D eigenvalue weighted by Gasteiger charge is 2.34. The Labute approximate surface area is 137 Å². The van der Waals surface area contributed by atoms with E-state index >= 15 is 0 Å². The first-order valence-corrected chi connectivity index (χ1v) is 8.30. The molecule has 0 N–H and O–H groups in total. The van der Waals surface area contributed by atoms with Gasteiger partial charge in [0.1, 0.15) is 11.3 Å². The van der Waals surface area contributed by atoms with Crippen molar-refractivity contribution in [3.63, 3.8) is 0 Å². The highest BCUT2D eigenvalue weighted by molar-refractivity contribution is 5.90. The largest absolute Gasteiger partial charge is 0.253 e. The first-order chi connectivity index (χ1) is 10.9. The topological polar surface area (TPSA) is 12.9 Å². The van der Waals surface area contributed by atoms with Gasteiger partial charge in [0.05, 0.1) is 0 Å². The van der Waals surface area contributed by atoms with Crippen molar-refractivity contribution in [1.82, 2.24) is 4.98 Å². The van der Waals surface area contributed by atoms with Gasteiger partial charge in [-0.15, -0.1) is 0 Å². The molecule has 0 bridgehead atoms. The molecule has 0 spiro atoms. The van der Waals surface area contributed by atoms with Crippen LogP contribution in [0.15, 0.2) is 42.6 Å². The number of allylic oxidation sites excluding steroid dienone is 3. The molecule has 1 aromatic heterocycles. The standard InChI is InChI=1S/C21H24FN/c1-6-13-14(7-2)18(21(3,4)5)11-16-15-9-8-10-23-20(15)19(22)12-17(13)16/h7-10,12,18H,2,6,11H2,1,3-5H3. The van der Waals surface area contributed by atoms with Crippen molar-refractivity contribution in [3.8, 4) is 0 Å². The maximum atomic E-state index is 14.5. The third kappa shape index (κ3) is 2.50. The first-order valence-electron chi connectivity index (χ1n) is 8.30. The highest BCUT2D eigenvalue weighted by atomic mass is 19.1. The fourth-order valence-electron chi connectivity index (χ4n) is 3.87. The normalized spacial score (nSPS) is 18.2. The van der Waals surface area contributed by atoms with Crippen LogP contribution in [0.3, 0.4) is 0 Å². The number of rotatable bonds is 2. The van der Waals surface area contributed by atoms with Crippen molar-refractivity contribution in [2.45, 2.75) is 40.5 Å². The number of hydrogen-bond donors (Lipinski definition) is 0. The Balaban J connectivity index is 2.38. The number of nitrogens with zero attached hydrogens (tertiary/aromatic N) is 1. The Kier molecular flexibility index (Phi) is 3.87. The molecule has 120 valence electrons. The number of fused-ring (bicyclic) bond motifs is 3. The zero-order valence-electron chi connectivity index (χ0n) is 14.4. The van der Waals surface area contributed by atoms with Gasteiger partial charge >= 0.3 is 0 Å². The Morgan fingerprint density at radius 3 is 2.74 bits per heavy atom. The van der Waals surface area contributed by atoms with Crippen molar-refractivity contribution in [3.05, 3.63) is 59.6 Å². The lowest BCUT2D eigenvalue weighted by molar-refractivity contribution is 0.280. The maximum absolute atomic E-state index is 14.5. The summed E-state index contributed by atoms with van der Waals surface area (Å²) in [7, 11) is 0. The molecule has 1 aliphatic rings. The molecule has 23 heavy (non-hydrogen) atoms. The second-order valence-electron chi connectivity index (χ2n) is 7.40. The lowest BCUT2D eigenvalue weighted by atomic mass is 9.66. The van der Waals surface area contributed by atoms with Crippen LogP contribution in [-0.2, 0) is 6.42 Å². The molecule has 2 heteroatoms. The third-order valence-corrected chi connectivity index (χ3v) is 5.03. The molecule has 1 unspecified atom stereocenters. The van der Waals surface area contributed by atoms with E-state index in [1.807, 2.05) is 18.2 Å². The molecule has 1 aliphatic carbocycles. The molecule has 1 atom stereocenters. The number of hydrogen-bond acceptors (Lipinski definition) is 1. The van der Waals surface area contributed by atoms with Crippen LogP contribution in [-0.4, -0.2) is 4.98 Å². The number of benzene rings is 1. The summed E-state index contributed by atoms with van der Waals surface area (Å²) in [5, 5.41) is 0.950. The summed E-state index contributed by atoms with van der Waals surface area (Å²) in [5.74, 6) is 0.152. The zero-order valence-corrected chi connectivity index (χ0v) is 14.4. The summed E-state index contributed by atoms with van der Waals surface area (Å²) in [4.78, 5) is 4.25. The number of pyridine rings is 1. The smallest absolute Gasteiger partial charge is 0.150 e. The average Bonchev–Trinajstić information content (AvgIpc) is 2.52. The molecular weight excluding hydrogens is 285 g/mol. The van der Waals surface area contributed by atoms with E-state index in [-0.39, 0.29) is 11.2 Å². The third-order valence-electron chi connectivity index (χ3n) is 5.03. The molecular formula is C21H24FN. The number of halogens is 1. The lowest BCUT2D eigenvalue weighted by Crippen LogP contribution is -2.28. The minimum atomic E-state index is -0.233. The van der Waals surface area contributed by atoms with Crippen molar-refractivity contribution in [2.24, 2.45) is 11.3 Å². The van der Waals surface area contributed by atoms with Gasteiger partial charge in [-0.3, -0.25) is 4.98 Å². The number of aromatic nitrogens is 1. The van der Waals surface area contributed by atoms with Gasteiger partial charge in [-0.25, -0.2) is 4.39 Å². The minimum Gasteiger partial charge on any atom is -0.253 e. The Morgan fingerprint density at radius 2 is 2.13 bits per heavy atom. The average molecular weight is 309 g/mol. The summed E-state index contributed by atoms with van der Waals surface area (Å²) < 4.78 is 14.5. The Bertz CT molecular complexity index is 808. The van der Waals surface area contributed by atoms with Crippen LogP contribution < -0.4 is 0 Å². The maximum Gasteiger partial charge on any atom is 0.150 e. The van der Waals surface area contributed by atoms with E-state index in [0.717, 1.165) is 23.8 Å². The summed E-state index contributed by atoms with van der Waals surface area (Å²) in [6.07, 6.45) is 5.43. The van der Waals surface area contributed by atoms with E-state index in [0.29, 0.717) is 11.4 Å². The van der Waals surface area contributed by atoms with Gasteiger partial charge < -0.3 is 0 Å². The molecule has 0 saturated heterocycles. The van der Waals surface area contributed by atoms with Crippen LogP contribution in [0.4, 0.5) is 4.39 Å². The molecule has 0 aliphatic heterocycles. The molecule has 1 nitrogen and oxygen atoms in total.